The maximum Gasteiger partial charge on any atom is 0.264 e. The smallest absolute Gasteiger partial charge is 0.264 e. The van der Waals surface area contributed by atoms with Gasteiger partial charge in [-0.15, -0.1) is 0 Å². The first-order chi connectivity index (χ1) is 10.0. The van der Waals surface area contributed by atoms with Gasteiger partial charge < -0.3 is 4.74 Å². The number of hydrogen-bond donors (Lipinski definition) is 1. The number of rotatable bonds is 4. The van der Waals surface area contributed by atoms with E-state index >= 15 is 0 Å². The molecule has 1 saturated heterocycles. The zero-order valence-electron chi connectivity index (χ0n) is 12.2. The largest absolute Gasteiger partial charge is 0.381 e. The third-order valence-electron chi connectivity index (χ3n) is 3.70. The fourth-order valence-electron chi connectivity index (χ4n) is 2.49. The molecule has 0 bridgehead atoms. The highest BCUT2D eigenvalue weighted by Crippen LogP contribution is 2.19. The number of carbonyl (C=O) groups excluding carboxylic acids is 1. The zero-order chi connectivity index (χ0) is 15.3. The van der Waals surface area contributed by atoms with E-state index in [9.17, 15) is 13.2 Å². The second kappa shape index (κ2) is 7.04. The monoisotopic (exact) mass is 311 g/mol. The van der Waals surface area contributed by atoms with E-state index < -0.39 is 15.9 Å². The van der Waals surface area contributed by atoms with Crippen LogP contribution >= 0.6 is 0 Å². The van der Waals surface area contributed by atoms with Crippen LogP contribution < -0.4 is 4.72 Å². The second-order valence-corrected chi connectivity index (χ2v) is 6.82. The summed E-state index contributed by atoms with van der Waals surface area (Å²) in [7, 11) is -3.80. The minimum Gasteiger partial charge on any atom is -0.381 e. The lowest BCUT2D eigenvalue weighted by Gasteiger charge is -2.15. The van der Waals surface area contributed by atoms with Gasteiger partial charge in [-0.05, 0) is 37.3 Å². The van der Waals surface area contributed by atoms with Gasteiger partial charge in [-0.25, -0.2) is 13.1 Å². The molecular formula is C15H21NO4S. The molecule has 1 unspecified atom stereocenters. The van der Waals surface area contributed by atoms with E-state index in [1.54, 1.807) is 18.2 Å². The summed E-state index contributed by atoms with van der Waals surface area (Å²) in [5.74, 6) is -0.720. The summed E-state index contributed by atoms with van der Waals surface area (Å²) in [6.45, 7) is 3.03. The molecule has 1 aromatic carbocycles. The lowest BCUT2D eigenvalue weighted by molar-refractivity contribution is -0.123. The predicted octanol–water partition coefficient (Wildman–Crippen LogP) is 1.87. The number of carbonyl (C=O) groups is 1. The SMILES string of the molecule is CCc1ccccc1S(=O)(=O)NC(=O)C1CCCOCC1. The van der Waals surface area contributed by atoms with Gasteiger partial charge in [0.05, 0.1) is 4.90 Å². The van der Waals surface area contributed by atoms with Crippen LogP contribution in [-0.4, -0.2) is 27.5 Å². The Bertz CT molecular complexity index is 589. The highest BCUT2D eigenvalue weighted by molar-refractivity contribution is 7.90. The van der Waals surface area contributed by atoms with Gasteiger partial charge in [0.15, 0.2) is 0 Å². The molecule has 0 aromatic heterocycles. The van der Waals surface area contributed by atoms with E-state index in [0.717, 1.165) is 6.42 Å². The summed E-state index contributed by atoms with van der Waals surface area (Å²) in [6, 6.07) is 6.75. The summed E-state index contributed by atoms with van der Waals surface area (Å²) in [5.41, 5.74) is 0.710. The topological polar surface area (TPSA) is 72.5 Å². The van der Waals surface area contributed by atoms with E-state index in [1.165, 1.54) is 6.07 Å². The minimum absolute atomic E-state index is 0.186. The van der Waals surface area contributed by atoms with Gasteiger partial charge in [0.1, 0.15) is 0 Å². The lowest BCUT2D eigenvalue weighted by Crippen LogP contribution is -2.36. The van der Waals surface area contributed by atoms with Gasteiger partial charge in [0.25, 0.3) is 10.0 Å². The van der Waals surface area contributed by atoms with Crippen LogP contribution in [0.1, 0.15) is 31.7 Å². The standard InChI is InChI=1S/C15H21NO4S/c1-2-12-6-3-4-8-14(12)21(18,19)16-15(17)13-7-5-10-20-11-9-13/h3-4,6,8,13H,2,5,7,9-11H2,1H3,(H,16,17). The normalized spacial score (nSPS) is 19.8. The van der Waals surface area contributed by atoms with Crippen LogP contribution in [0, 0.1) is 5.92 Å². The van der Waals surface area contributed by atoms with Crippen molar-refractivity contribution in [2.75, 3.05) is 13.2 Å². The second-order valence-electron chi connectivity index (χ2n) is 5.17. The predicted molar refractivity (Wildman–Crippen MR) is 79.3 cm³/mol. The Labute approximate surface area is 125 Å². The Morgan fingerprint density at radius 3 is 2.81 bits per heavy atom. The maximum absolute atomic E-state index is 12.4. The van der Waals surface area contributed by atoms with Crippen molar-refractivity contribution in [2.45, 2.75) is 37.5 Å². The van der Waals surface area contributed by atoms with Crippen LogP contribution in [0.15, 0.2) is 29.2 Å². The van der Waals surface area contributed by atoms with Crippen LogP contribution in [0.4, 0.5) is 0 Å². The van der Waals surface area contributed by atoms with Crippen LogP contribution in [-0.2, 0) is 26.0 Å². The van der Waals surface area contributed by atoms with E-state index in [4.69, 9.17) is 4.74 Å². The summed E-state index contributed by atoms with van der Waals surface area (Å²) in [6.07, 6.45) is 2.61. The number of nitrogens with one attached hydrogen (secondary N) is 1. The highest BCUT2D eigenvalue weighted by atomic mass is 32.2. The third-order valence-corrected chi connectivity index (χ3v) is 5.15. The van der Waals surface area contributed by atoms with Gasteiger partial charge in [0, 0.05) is 19.1 Å². The molecule has 0 spiro atoms. The molecule has 1 amide bonds. The first kappa shape index (κ1) is 16.0. The quantitative estimate of drug-likeness (QED) is 0.921. The number of ether oxygens (including phenoxy) is 1. The van der Waals surface area contributed by atoms with Crippen LogP contribution in [0.25, 0.3) is 0 Å². The van der Waals surface area contributed by atoms with Crippen LogP contribution in [0.5, 0.6) is 0 Å². The number of hydrogen-bond acceptors (Lipinski definition) is 4. The minimum atomic E-state index is -3.80. The molecular weight excluding hydrogens is 290 g/mol. The molecule has 2 rings (SSSR count). The number of aryl methyl sites for hydroxylation is 1. The van der Waals surface area contributed by atoms with Crippen molar-refractivity contribution >= 4 is 15.9 Å². The molecule has 5 nitrogen and oxygen atoms in total. The molecule has 1 fully saturated rings. The molecule has 1 aliphatic heterocycles. The molecule has 6 heteroatoms. The molecule has 21 heavy (non-hydrogen) atoms. The Balaban J connectivity index is 2.14. The number of sulfonamides is 1. The van der Waals surface area contributed by atoms with E-state index in [-0.39, 0.29) is 10.8 Å². The van der Waals surface area contributed by atoms with Gasteiger partial charge in [-0.1, -0.05) is 25.1 Å². The van der Waals surface area contributed by atoms with Crippen molar-refractivity contribution in [3.05, 3.63) is 29.8 Å². The maximum atomic E-state index is 12.4. The summed E-state index contributed by atoms with van der Waals surface area (Å²) >= 11 is 0. The van der Waals surface area contributed by atoms with Crippen molar-refractivity contribution < 1.29 is 17.9 Å². The average Bonchev–Trinajstić information content (AvgIpc) is 2.76. The van der Waals surface area contributed by atoms with Crippen LogP contribution in [0.3, 0.4) is 0 Å². The number of amides is 1. The van der Waals surface area contributed by atoms with Crippen molar-refractivity contribution in [3.63, 3.8) is 0 Å². The first-order valence-corrected chi connectivity index (χ1v) is 8.75. The third kappa shape index (κ3) is 4.04. The Hall–Kier alpha value is -1.40. The molecule has 0 saturated carbocycles. The summed E-state index contributed by atoms with van der Waals surface area (Å²) in [5, 5.41) is 0. The van der Waals surface area contributed by atoms with Gasteiger partial charge >= 0.3 is 0 Å². The van der Waals surface area contributed by atoms with E-state index in [2.05, 4.69) is 4.72 Å². The van der Waals surface area contributed by atoms with Crippen molar-refractivity contribution in [1.82, 2.24) is 4.72 Å². The Kier molecular flexibility index (Phi) is 5.36. The fraction of sp³-hybridized carbons (Fsp3) is 0.533. The molecule has 1 atom stereocenters. The molecule has 0 radical (unpaired) electrons. The highest BCUT2D eigenvalue weighted by Gasteiger charge is 2.26. The fourth-order valence-corrected chi connectivity index (χ4v) is 3.85. The molecule has 1 heterocycles. The van der Waals surface area contributed by atoms with E-state index in [0.29, 0.717) is 38.0 Å². The molecule has 1 aromatic rings. The first-order valence-electron chi connectivity index (χ1n) is 7.27. The summed E-state index contributed by atoms with van der Waals surface area (Å²) < 4.78 is 32.3. The molecule has 0 aliphatic carbocycles. The van der Waals surface area contributed by atoms with Gasteiger partial charge in [0.2, 0.25) is 5.91 Å². The number of benzene rings is 1. The molecule has 1 aliphatic rings. The zero-order valence-corrected chi connectivity index (χ0v) is 13.0. The van der Waals surface area contributed by atoms with Gasteiger partial charge in [-0.2, -0.15) is 0 Å². The van der Waals surface area contributed by atoms with Crippen molar-refractivity contribution in [3.8, 4) is 0 Å². The average molecular weight is 311 g/mol. The van der Waals surface area contributed by atoms with Crippen molar-refractivity contribution in [1.29, 1.82) is 0 Å². The Morgan fingerprint density at radius 1 is 1.29 bits per heavy atom. The Morgan fingerprint density at radius 2 is 2.05 bits per heavy atom. The summed E-state index contributed by atoms with van der Waals surface area (Å²) in [4.78, 5) is 12.4. The molecule has 116 valence electrons. The molecule has 1 N–H and O–H groups in total. The van der Waals surface area contributed by atoms with Crippen LogP contribution in [0.2, 0.25) is 0 Å². The van der Waals surface area contributed by atoms with E-state index in [1.807, 2.05) is 6.92 Å². The van der Waals surface area contributed by atoms with Gasteiger partial charge in [-0.3, -0.25) is 4.79 Å². The van der Waals surface area contributed by atoms with Crippen molar-refractivity contribution in [2.24, 2.45) is 5.92 Å². The lowest BCUT2D eigenvalue weighted by atomic mass is 10.0.